The van der Waals surface area contributed by atoms with Crippen LogP contribution < -0.4 is 10.6 Å². The van der Waals surface area contributed by atoms with Gasteiger partial charge in [0.25, 0.3) is 0 Å². The van der Waals surface area contributed by atoms with Crippen LogP contribution >= 0.6 is 27.3 Å². The van der Waals surface area contributed by atoms with E-state index in [0.717, 1.165) is 10.3 Å². The predicted molar refractivity (Wildman–Crippen MR) is 75.3 cm³/mol. The van der Waals surface area contributed by atoms with E-state index in [1.165, 1.54) is 11.2 Å². The summed E-state index contributed by atoms with van der Waals surface area (Å²) in [6.45, 7) is 2.14. The number of anilines is 2. The van der Waals surface area contributed by atoms with E-state index in [1.807, 2.05) is 13.1 Å². The SMILES string of the molecule is CC(c1cccs1)N(C)c1ncnc(N)c1Br. The zero-order valence-corrected chi connectivity index (χ0v) is 12.0. The van der Waals surface area contributed by atoms with Crippen molar-refractivity contribution in [3.05, 3.63) is 33.2 Å². The molecule has 0 saturated heterocycles. The fourth-order valence-electron chi connectivity index (χ4n) is 1.52. The summed E-state index contributed by atoms with van der Waals surface area (Å²) in [5, 5.41) is 2.07. The van der Waals surface area contributed by atoms with Crippen molar-refractivity contribution in [1.29, 1.82) is 0 Å². The maximum absolute atomic E-state index is 5.76. The van der Waals surface area contributed by atoms with Crippen molar-refractivity contribution in [3.63, 3.8) is 0 Å². The molecule has 90 valence electrons. The summed E-state index contributed by atoms with van der Waals surface area (Å²) in [5.74, 6) is 1.26. The Balaban J connectivity index is 2.31. The number of nitrogens with zero attached hydrogens (tertiary/aromatic N) is 3. The van der Waals surface area contributed by atoms with E-state index >= 15 is 0 Å². The summed E-state index contributed by atoms with van der Waals surface area (Å²) in [7, 11) is 2.00. The lowest BCUT2D eigenvalue weighted by Crippen LogP contribution is -2.22. The van der Waals surface area contributed by atoms with Crippen molar-refractivity contribution >= 4 is 38.9 Å². The van der Waals surface area contributed by atoms with E-state index in [1.54, 1.807) is 11.3 Å². The van der Waals surface area contributed by atoms with Gasteiger partial charge in [-0.05, 0) is 34.3 Å². The fraction of sp³-hybridized carbons (Fsp3) is 0.273. The molecule has 0 amide bonds. The Hall–Kier alpha value is -1.14. The van der Waals surface area contributed by atoms with Crippen LogP contribution in [0.1, 0.15) is 17.8 Å². The van der Waals surface area contributed by atoms with Crippen molar-refractivity contribution in [2.75, 3.05) is 17.7 Å². The molecule has 2 N–H and O–H groups in total. The number of aromatic nitrogens is 2. The van der Waals surface area contributed by atoms with E-state index in [0.29, 0.717) is 5.82 Å². The molecule has 17 heavy (non-hydrogen) atoms. The minimum absolute atomic E-state index is 0.251. The molecule has 6 heteroatoms. The Morgan fingerprint density at radius 2 is 2.24 bits per heavy atom. The van der Waals surface area contributed by atoms with Gasteiger partial charge >= 0.3 is 0 Å². The molecule has 2 rings (SSSR count). The zero-order valence-electron chi connectivity index (χ0n) is 9.59. The molecule has 0 aliphatic carbocycles. The minimum Gasteiger partial charge on any atom is -0.383 e. The van der Waals surface area contributed by atoms with Crippen LogP contribution in [-0.4, -0.2) is 17.0 Å². The van der Waals surface area contributed by atoms with Gasteiger partial charge in [-0.3, -0.25) is 0 Å². The lowest BCUT2D eigenvalue weighted by atomic mass is 10.2. The average Bonchev–Trinajstić information content (AvgIpc) is 2.84. The highest BCUT2D eigenvalue weighted by Gasteiger charge is 2.17. The Morgan fingerprint density at radius 1 is 1.47 bits per heavy atom. The summed E-state index contributed by atoms with van der Waals surface area (Å²) in [5.41, 5.74) is 5.76. The van der Waals surface area contributed by atoms with Gasteiger partial charge in [0.2, 0.25) is 0 Å². The van der Waals surface area contributed by atoms with Crippen LogP contribution in [0.15, 0.2) is 28.3 Å². The highest BCUT2D eigenvalue weighted by molar-refractivity contribution is 9.10. The van der Waals surface area contributed by atoms with E-state index < -0.39 is 0 Å². The van der Waals surface area contributed by atoms with Gasteiger partial charge in [-0.2, -0.15) is 0 Å². The van der Waals surface area contributed by atoms with Crippen molar-refractivity contribution in [3.8, 4) is 0 Å². The number of hydrogen-bond donors (Lipinski definition) is 1. The third-order valence-corrected chi connectivity index (χ3v) is 4.47. The Kier molecular flexibility index (Phi) is 3.63. The molecule has 0 bridgehead atoms. The van der Waals surface area contributed by atoms with Gasteiger partial charge in [0, 0.05) is 11.9 Å². The molecule has 0 aliphatic heterocycles. The molecule has 0 aromatic carbocycles. The van der Waals surface area contributed by atoms with E-state index in [-0.39, 0.29) is 6.04 Å². The quantitative estimate of drug-likeness (QED) is 0.946. The molecule has 0 saturated carbocycles. The van der Waals surface area contributed by atoms with Crippen molar-refractivity contribution in [2.45, 2.75) is 13.0 Å². The predicted octanol–water partition coefficient (Wildman–Crippen LogP) is 3.08. The normalized spacial score (nSPS) is 12.4. The minimum atomic E-state index is 0.251. The molecule has 0 fully saturated rings. The molecule has 0 spiro atoms. The smallest absolute Gasteiger partial charge is 0.148 e. The summed E-state index contributed by atoms with van der Waals surface area (Å²) in [6.07, 6.45) is 1.48. The molecule has 2 heterocycles. The lowest BCUT2D eigenvalue weighted by molar-refractivity contribution is 0.738. The van der Waals surface area contributed by atoms with Gasteiger partial charge in [-0.1, -0.05) is 6.07 Å². The average molecular weight is 313 g/mol. The molecule has 0 radical (unpaired) electrons. The van der Waals surface area contributed by atoms with E-state index in [4.69, 9.17) is 5.73 Å². The number of hydrogen-bond acceptors (Lipinski definition) is 5. The highest BCUT2D eigenvalue weighted by Crippen LogP contribution is 2.33. The first-order valence-electron chi connectivity index (χ1n) is 5.13. The van der Waals surface area contributed by atoms with Crippen LogP contribution in [-0.2, 0) is 0 Å². The van der Waals surface area contributed by atoms with Crippen LogP contribution in [0, 0.1) is 0 Å². The van der Waals surface area contributed by atoms with Gasteiger partial charge in [0.05, 0.1) is 6.04 Å². The molecule has 2 aromatic rings. The number of nitrogens with two attached hydrogens (primary N) is 1. The maximum atomic E-state index is 5.76. The Labute approximate surface area is 113 Å². The Bertz CT molecular complexity index is 500. The number of halogens is 1. The topological polar surface area (TPSA) is 55.0 Å². The second kappa shape index (κ2) is 5.01. The summed E-state index contributed by atoms with van der Waals surface area (Å²) < 4.78 is 0.742. The monoisotopic (exact) mass is 312 g/mol. The first kappa shape index (κ1) is 12.3. The third-order valence-electron chi connectivity index (χ3n) is 2.67. The summed E-state index contributed by atoms with van der Waals surface area (Å²) in [6, 6.07) is 4.42. The van der Waals surface area contributed by atoms with E-state index in [2.05, 4.69) is 49.2 Å². The molecule has 4 nitrogen and oxygen atoms in total. The van der Waals surface area contributed by atoms with Crippen LogP contribution in [0.4, 0.5) is 11.6 Å². The summed E-state index contributed by atoms with van der Waals surface area (Å²) >= 11 is 5.16. The molecule has 0 aliphatic rings. The van der Waals surface area contributed by atoms with Crippen LogP contribution in [0.5, 0.6) is 0 Å². The largest absolute Gasteiger partial charge is 0.383 e. The molecule has 2 aromatic heterocycles. The fourth-order valence-corrected chi connectivity index (χ4v) is 2.83. The van der Waals surface area contributed by atoms with Crippen LogP contribution in [0.3, 0.4) is 0 Å². The second-order valence-electron chi connectivity index (χ2n) is 3.70. The third kappa shape index (κ3) is 2.42. The summed E-state index contributed by atoms with van der Waals surface area (Å²) in [4.78, 5) is 11.6. The second-order valence-corrected chi connectivity index (χ2v) is 5.47. The number of thiophene rings is 1. The van der Waals surface area contributed by atoms with Gasteiger partial charge in [0.1, 0.15) is 22.4 Å². The van der Waals surface area contributed by atoms with Gasteiger partial charge < -0.3 is 10.6 Å². The van der Waals surface area contributed by atoms with Crippen LogP contribution in [0.25, 0.3) is 0 Å². The first-order valence-corrected chi connectivity index (χ1v) is 6.80. The molecular formula is C11H13BrN4S. The van der Waals surface area contributed by atoms with E-state index in [9.17, 15) is 0 Å². The number of rotatable bonds is 3. The standard InChI is InChI=1S/C11H13BrN4S/c1-7(8-4-3-5-17-8)16(2)11-9(12)10(13)14-6-15-11/h3-7H,1-2H3,(H2,13,14,15). The first-order chi connectivity index (χ1) is 8.11. The lowest BCUT2D eigenvalue weighted by Gasteiger charge is -2.26. The van der Waals surface area contributed by atoms with Crippen molar-refractivity contribution in [2.24, 2.45) is 0 Å². The van der Waals surface area contributed by atoms with Crippen molar-refractivity contribution in [1.82, 2.24) is 9.97 Å². The molecule has 1 unspecified atom stereocenters. The van der Waals surface area contributed by atoms with Crippen molar-refractivity contribution < 1.29 is 0 Å². The maximum Gasteiger partial charge on any atom is 0.148 e. The van der Waals surface area contributed by atoms with Crippen LogP contribution in [0.2, 0.25) is 0 Å². The molecular weight excluding hydrogens is 300 g/mol. The van der Waals surface area contributed by atoms with Gasteiger partial charge in [-0.15, -0.1) is 11.3 Å². The molecule has 1 atom stereocenters. The Morgan fingerprint density at radius 3 is 2.88 bits per heavy atom. The van der Waals surface area contributed by atoms with Gasteiger partial charge in [-0.25, -0.2) is 9.97 Å². The number of nitrogen functional groups attached to an aromatic ring is 1. The van der Waals surface area contributed by atoms with Gasteiger partial charge in [0.15, 0.2) is 0 Å². The zero-order chi connectivity index (χ0) is 12.4. The highest BCUT2D eigenvalue weighted by atomic mass is 79.9.